The maximum atomic E-state index is 14.1. The Balaban J connectivity index is 2.41. The molecule has 1 unspecified atom stereocenters. The molecule has 0 saturated carbocycles. The molecule has 1 aromatic heterocycles. The minimum absolute atomic E-state index is 0.289. The number of rotatable bonds is 5. The number of benzene rings is 1. The average molecular weight is 420 g/mol. The van der Waals surface area contributed by atoms with Crippen LogP contribution < -0.4 is 11.3 Å². The lowest BCUT2D eigenvalue weighted by Gasteiger charge is -2.19. The molecule has 1 aromatic carbocycles. The number of nitrogens with zero attached hydrogens (tertiary/aromatic N) is 2. The smallest absolute Gasteiger partial charge is 0.129 e. The first-order valence-corrected chi connectivity index (χ1v) is 8.20. The zero-order valence-electron chi connectivity index (χ0n) is 11.8. The lowest BCUT2D eigenvalue weighted by atomic mass is 10.0. The van der Waals surface area contributed by atoms with E-state index in [2.05, 4.69) is 42.4 Å². The van der Waals surface area contributed by atoms with Gasteiger partial charge in [0.15, 0.2) is 0 Å². The predicted molar refractivity (Wildman–Crippen MR) is 88.2 cm³/mol. The van der Waals surface area contributed by atoms with Crippen molar-refractivity contribution in [1.82, 2.24) is 15.2 Å². The molecular formula is C14H17Br2FN4. The molecule has 4 nitrogen and oxygen atoms in total. The number of aromatic nitrogens is 2. The average Bonchev–Trinajstić information content (AvgIpc) is 2.73. The summed E-state index contributed by atoms with van der Waals surface area (Å²) in [6, 6.07) is 4.55. The summed E-state index contributed by atoms with van der Waals surface area (Å²) in [6.07, 6.45) is 0.533. The van der Waals surface area contributed by atoms with Crippen LogP contribution in [-0.2, 0) is 13.0 Å². The highest BCUT2D eigenvalue weighted by Gasteiger charge is 2.22. The van der Waals surface area contributed by atoms with Crippen LogP contribution >= 0.6 is 31.9 Å². The van der Waals surface area contributed by atoms with Crippen molar-refractivity contribution >= 4 is 31.9 Å². The highest BCUT2D eigenvalue weighted by Crippen LogP contribution is 2.31. The second kappa shape index (κ2) is 7.00. The fourth-order valence-electron chi connectivity index (χ4n) is 2.35. The van der Waals surface area contributed by atoms with Crippen LogP contribution in [0.1, 0.15) is 29.9 Å². The Morgan fingerprint density at radius 1 is 1.43 bits per heavy atom. The quantitative estimate of drug-likeness (QED) is 0.574. The molecule has 2 aromatic rings. The van der Waals surface area contributed by atoms with E-state index in [-0.39, 0.29) is 11.9 Å². The lowest BCUT2D eigenvalue weighted by molar-refractivity contribution is 0.487. The largest absolute Gasteiger partial charge is 0.271 e. The molecule has 0 aliphatic rings. The van der Waals surface area contributed by atoms with E-state index in [9.17, 15) is 4.39 Å². The Hall–Kier alpha value is -0.760. The minimum Gasteiger partial charge on any atom is -0.271 e. The molecule has 2 rings (SSSR count). The lowest BCUT2D eigenvalue weighted by Crippen LogP contribution is -2.31. The molecule has 0 aliphatic heterocycles. The van der Waals surface area contributed by atoms with Crippen LogP contribution in [0.5, 0.6) is 0 Å². The van der Waals surface area contributed by atoms with Crippen molar-refractivity contribution in [3.05, 3.63) is 49.9 Å². The van der Waals surface area contributed by atoms with E-state index in [1.165, 1.54) is 6.07 Å². The van der Waals surface area contributed by atoms with E-state index in [1.54, 1.807) is 12.1 Å². The molecule has 1 atom stereocenters. The van der Waals surface area contributed by atoms with E-state index in [0.717, 1.165) is 22.4 Å². The number of nitrogens with one attached hydrogen (secondary N) is 1. The summed E-state index contributed by atoms with van der Waals surface area (Å²) in [5.74, 6) is 5.37. The van der Waals surface area contributed by atoms with Crippen LogP contribution in [0.2, 0.25) is 0 Å². The van der Waals surface area contributed by atoms with Gasteiger partial charge in [-0.1, -0.05) is 22.0 Å². The first-order valence-electron chi connectivity index (χ1n) is 6.61. The fourth-order valence-corrected chi connectivity index (χ4v) is 3.41. The Labute approximate surface area is 140 Å². The van der Waals surface area contributed by atoms with Crippen molar-refractivity contribution in [3.8, 4) is 0 Å². The zero-order chi connectivity index (χ0) is 15.6. The summed E-state index contributed by atoms with van der Waals surface area (Å²) in [5, 5.41) is 4.45. The van der Waals surface area contributed by atoms with Gasteiger partial charge in [0.25, 0.3) is 0 Å². The van der Waals surface area contributed by atoms with Gasteiger partial charge in [0, 0.05) is 23.0 Å². The van der Waals surface area contributed by atoms with Crippen molar-refractivity contribution in [2.24, 2.45) is 5.84 Å². The molecule has 0 spiro atoms. The van der Waals surface area contributed by atoms with E-state index >= 15 is 0 Å². The Bertz CT molecular complexity index is 622. The standard InChI is InChI=1S/C14H17Br2FN4/c1-3-21-12(14(16)8(2)20-21)7-11(19-18)13-9(15)5-4-6-10(13)17/h4-6,11,19H,3,7,18H2,1-2H3. The van der Waals surface area contributed by atoms with Gasteiger partial charge in [0.2, 0.25) is 0 Å². The minimum atomic E-state index is -0.349. The van der Waals surface area contributed by atoms with Crippen LogP contribution in [0.25, 0.3) is 0 Å². The van der Waals surface area contributed by atoms with Gasteiger partial charge in [-0.2, -0.15) is 5.10 Å². The molecule has 7 heteroatoms. The van der Waals surface area contributed by atoms with Gasteiger partial charge >= 0.3 is 0 Å². The Morgan fingerprint density at radius 2 is 2.14 bits per heavy atom. The molecule has 3 N–H and O–H groups in total. The molecule has 0 radical (unpaired) electrons. The molecule has 0 saturated heterocycles. The molecule has 0 fully saturated rings. The van der Waals surface area contributed by atoms with E-state index in [4.69, 9.17) is 5.84 Å². The van der Waals surface area contributed by atoms with Gasteiger partial charge in [-0.15, -0.1) is 0 Å². The third-order valence-corrected chi connectivity index (χ3v) is 5.12. The first kappa shape index (κ1) is 16.6. The van der Waals surface area contributed by atoms with Gasteiger partial charge in [-0.05, 0) is 41.9 Å². The van der Waals surface area contributed by atoms with Crippen LogP contribution in [0.15, 0.2) is 27.1 Å². The number of hydrazine groups is 1. The van der Waals surface area contributed by atoms with Gasteiger partial charge in [0.1, 0.15) is 5.82 Å². The molecule has 1 heterocycles. The van der Waals surface area contributed by atoms with Gasteiger partial charge in [-0.3, -0.25) is 16.0 Å². The Kier molecular flexibility index (Phi) is 5.54. The van der Waals surface area contributed by atoms with Crippen molar-refractivity contribution in [2.75, 3.05) is 0 Å². The summed E-state index contributed by atoms with van der Waals surface area (Å²) in [5.41, 5.74) is 5.13. The summed E-state index contributed by atoms with van der Waals surface area (Å²) >= 11 is 6.94. The number of halogens is 3. The number of hydrogen-bond donors (Lipinski definition) is 2. The van der Waals surface area contributed by atoms with Crippen LogP contribution in [0.3, 0.4) is 0 Å². The van der Waals surface area contributed by atoms with Crippen LogP contribution in [-0.4, -0.2) is 9.78 Å². The van der Waals surface area contributed by atoms with Crippen LogP contribution in [0, 0.1) is 12.7 Å². The normalized spacial score (nSPS) is 12.7. The SMILES string of the molecule is CCn1nc(C)c(Br)c1CC(NN)c1c(F)cccc1Br. The number of nitrogens with two attached hydrogens (primary N) is 1. The predicted octanol–water partition coefficient (Wildman–Crippen LogP) is 3.62. The van der Waals surface area contributed by atoms with Crippen molar-refractivity contribution in [3.63, 3.8) is 0 Å². The third kappa shape index (κ3) is 3.36. The summed E-state index contributed by atoms with van der Waals surface area (Å²) < 4.78 is 17.7. The highest BCUT2D eigenvalue weighted by molar-refractivity contribution is 9.10. The molecule has 21 heavy (non-hydrogen) atoms. The third-order valence-electron chi connectivity index (χ3n) is 3.40. The number of hydrogen-bond acceptors (Lipinski definition) is 3. The van der Waals surface area contributed by atoms with Gasteiger partial charge < -0.3 is 0 Å². The molecule has 0 bridgehead atoms. The highest BCUT2D eigenvalue weighted by atomic mass is 79.9. The topological polar surface area (TPSA) is 55.9 Å². The van der Waals surface area contributed by atoms with Gasteiger partial charge in [-0.25, -0.2) is 4.39 Å². The maximum absolute atomic E-state index is 14.1. The van der Waals surface area contributed by atoms with Crippen LogP contribution in [0.4, 0.5) is 4.39 Å². The second-order valence-corrected chi connectivity index (χ2v) is 6.37. The summed E-state index contributed by atoms with van der Waals surface area (Å²) in [7, 11) is 0. The Morgan fingerprint density at radius 3 is 2.71 bits per heavy atom. The monoisotopic (exact) mass is 418 g/mol. The number of aryl methyl sites for hydroxylation is 2. The van der Waals surface area contributed by atoms with E-state index in [0.29, 0.717) is 16.5 Å². The van der Waals surface area contributed by atoms with Crippen molar-refractivity contribution in [2.45, 2.75) is 32.9 Å². The first-order chi connectivity index (χ1) is 9.99. The van der Waals surface area contributed by atoms with E-state index < -0.39 is 0 Å². The summed E-state index contributed by atoms with van der Waals surface area (Å²) in [6.45, 7) is 4.70. The molecule has 0 aliphatic carbocycles. The van der Waals surface area contributed by atoms with Crippen molar-refractivity contribution in [1.29, 1.82) is 0 Å². The molecule has 0 amide bonds. The van der Waals surface area contributed by atoms with Crippen molar-refractivity contribution < 1.29 is 4.39 Å². The summed E-state index contributed by atoms with van der Waals surface area (Å²) in [4.78, 5) is 0. The second-order valence-electron chi connectivity index (χ2n) is 4.72. The maximum Gasteiger partial charge on any atom is 0.129 e. The molecule has 114 valence electrons. The fraction of sp³-hybridized carbons (Fsp3) is 0.357. The molecular weight excluding hydrogens is 403 g/mol. The zero-order valence-corrected chi connectivity index (χ0v) is 15.0. The van der Waals surface area contributed by atoms with Gasteiger partial charge in [0.05, 0.1) is 21.9 Å². The van der Waals surface area contributed by atoms with E-state index in [1.807, 2.05) is 18.5 Å².